The van der Waals surface area contributed by atoms with Crippen LogP contribution in [-0.4, -0.2) is 11.6 Å². The first kappa shape index (κ1) is 9.39. The minimum absolute atomic E-state index is 0. The smallest absolute Gasteiger partial charge is 0.233 e. The topological polar surface area (TPSA) is 34.1 Å². The Labute approximate surface area is 76.9 Å². The molecule has 2 rings (SSSR count). The molecule has 1 aliphatic carbocycles. The van der Waals surface area contributed by atoms with E-state index in [-0.39, 0.29) is 7.43 Å². The summed E-state index contributed by atoms with van der Waals surface area (Å²) in [6, 6.07) is 7.07. The van der Waals surface area contributed by atoms with Gasteiger partial charge in [0.25, 0.3) is 0 Å². The van der Waals surface area contributed by atoms with Gasteiger partial charge in [0, 0.05) is 5.56 Å². The van der Waals surface area contributed by atoms with Crippen LogP contribution in [0, 0.1) is 0 Å². The maximum Gasteiger partial charge on any atom is 0.233 e. The Morgan fingerprint density at radius 1 is 0.923 bits per heavy atom. The van der Waals surface area contributed by atoms with Gasteiger partial charge in [-0.1, -0.05) is 37.8 Å². The molecule has 0 unspecified atom stereocenters. The Morgan fingerprint density at radius 3 is 2.38 bits per heavy atom. The van der Waals surface area contributed by atoms with E-state index in [2.05, 4.69) is 0 Å². The highest BCUT2D eigenvalue weighted by Gasteiger charge is 2.19. The predicted molar refractivity (Wildman–Crippen MR) is 51.5 cm³/mol. The van der Waals surface area contributed by atoms with Crippen molar-refractivity contribution in [2.24, 2.45) is 0 Å². The maximum atomic E-state index is 11.2. The Morgan fingerprint density at radius 2 is 1.62 bits per heavy atom. The molecular weight excluding hydrogens is 164 g/mol. The van der Waals surface area contributed by atoms with E-state index >= 15 is 0 Å². The highest BCUT2D eigenvalue weighted by Crippen LogP contribution is 2.16. The van der Waals surface area contributed by atoms with Crippen LogP contribution in [0.25, 0.3) is 6.08 Å². The fourth-order valence-electron chi connectivity index (χ4n) is 1.22. The number of rotatable bonds is 0. The van der Waals surface area contributed by atoms with Crippen LogP contribution in [0.15, 0.2) is 30.3 Å². The van der Waals surface area contributed by atoms with Crippen molar-refractivity contribution < 1.29 is 9.59 Å². The molecule has 0 saturated heterocycles. The highest BCUT2D eigenvalue weighted by atomic mass is 16.2. The molecule has 1 aromatic rings. The summed E-state index contributed by atoms with van der Waals surface area (Å²) in [7, 11) is 0. The zero-order chi connectivity index (χ0) is 8.55. The lowest BCUT2D eigenvalue weighted by Crippen LogP contribution is -2.15. The Bertz CT molecular complexity index is 389. The molecule has 0 aromatic heterocycles. The van der Waals surface area contributed by atoms with Crippen LogP contribution in [0.1, 0.15) is 23.3 Å². The molecule has 0 fully saturated rings. The average Bonchev–Trinajstić information content (AvgIpc) is 2.12. The lowest BCUT2D eigenvalue weighted by molar-refractivity contribution is -0.110. The van der Waals surface area contributed by atoms with Gasteiger partial charge in [-0.2, -0.15) is 0 Å². The van der Waals surface area contributed by atoms with Gasteiger partial charge in [0.15, 0.2) is 0 Å². The van der Waals surface area contributed by atoms with Crippen molar-refractivity contribution in [3.63, 3.8) is 0 Å². The standard InChI is InChI=1S/C10H6O2.CH4/c11-9-6-5-7-3-1-2-4-8(7)10(9)12;/h1-6H;1H4. The van der Waals surface area contributed by atoms with E-state index in [0.717, 1.165) is 5.56 Å². The molecule has 1 aliphatic rings. The van der Waals surface area contributed by atoms with Crippen LogP contribution in [0.4, 0.5) is 0 Å². The second-order valence-corrected chi connectivity index (χ2v) is 2.61. The van der Waals surface area contributed by atoms with Gasteiger partial charge in [0.2, 0.25) is 11.6 Å². The van der Waals surface area contributed by atoms with Crippen molar-refractivity contribution in [2.75, 3.05) is 0 Å². The van der Waals surface area contributed by atoms with Crippen molar-refractivity contribution in [1.82, 2.24) is 0 Å². The molecule has 0 bridgehead atoms. The Hall–Kier alpha value is -1.70. The van der Waals surface area contributed by atoms with Crippen molar-refractivity contribution in [3.05, 3.63) is 41.5 Å². The minimum Gasteiger partial charge on any atom is -0.286 e. The summed E-state index contributed by atoms with van der Waals surface area (Å²) in [5.41, 5.74) is 1.33. The number of carbonyl (C=O) groups is 2. The fourth-order valence-corrected chi connectivity index (χ4v) is 1.22. The number of benzene rings is 1. The van der Waals surface area contributed by atoms with E-state index in [1.807, 2.05) is 12.1 Å². The average molecular weight is 174 g/mol. The van der Waals surface area contributed by atoms with Gasteiger partial charge in [0.1, 0.15) is 0 Å². The number of ketones is 2. The van der Waals surface area contributed by atoms with Gasteiger partial charge < -0.3 is 0 Å². The zero-order valence-electron chi connectivity index (χ0n) is 6.28. The van der Waals surface area contributed by atoms with Gasteiger partial charge in [-0.15, -0.1) is 0 Å². The molecular formula is C11H10O2. The zero-order valence-corrected chi connectivity index (χ0v) is 6.28. The molecule has 1 aromatic carbocycles. The molecule has 2 nitrogen and oxygen atoms in total. The monoisotopic (exact) mass is 174 g/mol. The van der Waals surface area contributed by atoms with Gasteiger partial charge >= 0.3 is 0 Å². The number of hydrogen-bond donors (Lipinski definition) is 0. The summed E-state index contributed by atoms with van der Waals surface area (Å²) in [6.07, 6.45) is 2.98. The molecule has 0 saturated carbocycles. The molecule has 66 valence electrons. The third-order valence-corrected chi connectivity index (χ3v) is 1.84. The molecule has 0 aliphatic heterocycles. The Balaban J connectivity index is 0.000000845. The lowest BCUT2D eigenvalue weighted by atomic mass is 9.96. The van der Waals surface area contributed by atoms with Crippen LogP contribution in [0.2, 0.25) is 0 Å². The number of carbonyl (C=O) groups excluding carboxylic acids is 2. The Kier molecular flexibility index (Phi) is 2.42. The minimum atomic E-state index is -0.436. The number of Topliss-reactive ketones (excluding diaryl/α,β-unsaturated/α-hetero) is 1. The molecule has 0 N–H and O–H groups in total. The molecule has 0 atom stereocenters. The van der Waals surface area contributed by atoms with Crippen molar-refractivity contribution >= 4 is 17.6 Å². The molecule has 0 spiro atoms. The summed E-state index contributed by atoms with van der Waals surface area (Å²) >= 11 is 0. The van der Waals surface area contributed by atoms with Crippen LogP contribution in [0.3, 0.4) is 0 Å². The van der Waals surface area contributed by atoms with Crippen LogP contribution < -0.4 is 0 Å². The molecule has 0 radical (unpaired) electrons. The first-order valence-corrected chi connectivity index (χ1v) is 3.65. The van der Waals surface area contributed by atoms with Gasteiger partial charge in [-0.3, -0.25) is 9.59 Å². The van der Waals surface area contributed by atoms with E-state index in [9.17, 15) is 9.59 Å². The number of fused-ring (bicyclic) bond motifs is 1. The third-order valence-electron chi connectivity index (χ3n) is 1.84. The van der Waals surface area contributed by atoms with Crippen molar-refractivity contribution in [1.29, 1.82) is 0 Å². The third kappa shape index (κ3) is 1.43. The molecule has 0 heterocycles. The number of allylic oxidation sites excluding steroid dienone is 1. The second kappa shape index (κ2) is 3.35. The molecule has 0 amide bonds. The molecule has 2 heteroatoms. The van der Waals surface area contributed by atoms with E-state index in [1.165, 1.54) is 6.08 Å². The highest BCUT2D eigenvalue weighted by molar-refractivity contribution is 6.49. The predicted octanol–water partition coefficient (Wildman–Crippen LogP) is 2.10. The van der Waals surface area contributed by atoms with E-state index in [0.29, 0.717) is 5.56 Å². The van der Waals surface area contributed by atoms with Gasteiger partial charge in [-0.05, 0) is 11.6 Å². The normalized spacial score (nSPS) is 13.5. The van der Waals surface area contributed by atoms with Crippen LogP contribution in [0.5, 0.6) is 0 Å². The largest absolute Gasteiger partial charge is 0.286 e. The van der Waals surface area contributed by atoms with E-state index in [1.54, 1.807) is 18.2 Å². The van der Waals surface area contributed by atoms with Gasteiger partial charge in [-0.25, -0.2) is 0 Å². The lowest BCUT2D eigenvalue weighted by Gasteiger charge is -2.06. The van der Waals surface area contributed by atoms with Crippen LogP contribution >= 0.6 is 0 Å². The SMILES string of the molecule is C.O=C1C=Cc2ccccc2C1=O. The summed E-state index contributed by atoms with van der Waals surface area (Å²) in [5, 5.41) is 0. The second-order valence-electron chi connectivity index (χ2n) is 2.61. The van der Waals surface area contributed by atoms with E-state index < -0.39 is 11.6 Å². The summed E-state index contributed by atoms with van der Waals surface area (Å²) < 4.78 is 0. The quantitative estimate of drug-likeness (QED) is 0.564. The maximum absolute atomic E-state index is 11.2. The van der Waals surface area contributed by atoms with E-state index in [4.69, 9.17) is 0 Å². The van der Waals surface area contributed by atoms with Crippen LogP contribution in [-0.2, 0) is 4.79 Å². The van der Waals surface area contributed by atoms with Crippen molar-refractivity contribution in [2.45, 2.75) is 7.43 Å². The summed E-state index contributed by atoms with van der Waals surface area (Å²) in [5.74, 6) is -0.846. The molecule has 13 heavy (non-hydrogen) atoms. The summed E-state index contributed by atoms with van der Waals surface area (Å²) in [6.45, 7) is 0. The fraction of sp³-hybridized carbons (Fsp3) is 0.0909. The first-order valence-electron chi connectivity index (χ1n) is 3.65. The first-order chi connectivity index (χ1) is 5.79. The van der Waals surface area contributed by atoms with Crippen molar-refractivity contribution in [3.8, 4) is 0 Å². The summed E-state index contributed by atoms with van der Waals surface area (Å²) in [4.78, 5) is 22.1. The number of hydrogen-bond acceptors (Lipinski definition) is 2. The van der Waals surface area contributed by atoms with Gasteiger partial charge in [0.05, 0.1) is 0 Å².